The van der Waals surface area contributed by atoms with Gasteiger partial charge in [0.15, 0.2) is 0 Å². The van der Waals surface area contributed by atoms with Crippen molar-refractivity contribution in [2.24, 2.45) is 5.92 Å². The summed E-state index contributed by atoms with van der Waals surface area (Å²) in [6.45, 7) is 6.53. The van der Waals surface area contributed by atoms with Crippen molar-refractivity contribution in [2.45, 2.75) is 81.4 Å². The van der Waals surface area contributed by atoms with Gasteiger partial charge in [-0.05, 0) is 94.5 Å². The molecule has 2 saturated heterocycles. The zero-order valence-corrected chi connectivity index (χ0v) is 19.7. The molecule has 7 heteroatoms. The zero-order valence-electron chi connectivity index (χ0n) is 19.7. The normalized spacial score (nSPS) is 38.1. The van der Waals surface area contributed by atoms with Gasteiger partial charge in [0.2, 0.25) is 0 Å². The molecule has 0 radical (unpaired) electrons. The lowest BCUT2D eigenvalue weighted by molar-refractivity contribution is -0.188. The smallest absolute Gasteiger partial charge is 0.327 e. The largest absolute Gasteiger partial charge is 0.508 e. The molecule has 2 N–H and O–H groups in total. The Morgan fingerprint density at radius 1 is 1.09 bits per heavy atom. The highest BCUT2D eigenvalue weighted by Gasteiger charge is 2.71. The minimum Gasteiger partial charge on any atom is -0.508 e. The van der Waals surface area contributed by atoms with Crippen LogP contribution in [0.2, 0.25) is 0 Å². The quantitative estimate of drug-likeness (QED) is 0.685. The first-order valence-electron chi connectivity index (χ1n) is 12.7. The number of hydrogen-bond donors (Lipinski definition) is 2. The Bertz CT molecular complexity index is 1020. The molecule has 3 amide bonds. The van der Waals surface area contributed by atoms with Crippen molar-refractivity contribution >= 4 is 11.9 Å². The van der Waals surface area contributed by atoms with Gasteiger partial charge < -0.3 is 15.1 Å². The molecule has 178 valence electrons. The third-order valence-electron chi connectivity index (χ3n) is 9.63. The molecule has 1 spiro atoms. The number of benzene rings is 1. The number of likely N-dealkylation sites (N-methyl/N-ethyl adjacent to an activating group) is 2. The average molecular weight is 454 g/mol. The van der Waals surface area contributed by atoms with Crippen LogP contribution in [-0.4, -0.2) is 80.2 Å². The van der Waals surface area contributed by atoms with Crippen molar-refractivity contribution in [3.05, 3.63) is 29.3 Å². The minimum absolute atomic E-state index is 0.00537. The molecule has 3 aliphatic carbocycles. The van der Waals surface area contributed by atoms with Crippen molar-refractivity contribution < 1.29 is 19.8 Å². The van der Waals surface area contributed by atoms with Gasteiger partial charge in [-0.1, -0.05) is 6.07 Å². The van der Waals surface area contributed by atoms with E-state index in [0.717, 1.165) is 43.0 Å². The fourth-order valence-corrected chi connectivity index (χ4v) is 7.88. The van der Waals surface area contributed by atoms with Gasteiger partial charge in [-0.2, -0.15) is 0 Å². The molecule has 4 fully saturated rings. The van der Waals surface area contributed by atoms with Gasteiger partial charge in [0.05, 0.1) is 5.60 Å². The van der Waals surface area contributed by atoms with Gasteiger partial charge in [0.1, 0.15) is 11.3 Å². The lowest BCUT2D eigenvalue weighted by Crippen LogP contribution is -2.76. The zero-order chi connectivity index (χ0) is 23.2. The molecular weight excluding hydrogens is 418 g/mol. The number of rotatable bonds is 4. The van der Waals surface area contributed by atoms with E-state index in [1.165, 1.54) is 17.7 Å². The van der Waals surface area contributed by atoms with E-state index in [9.17, 15) is 19.8 Å². The highest BCUT2D eigenvalue weighted by molar-refractivity contribution is 6.07. The molecule has 2 heterocycles. The second-order valence-corrected chi connectivity index (χ2v) is 11.0. The Morgan fingerprint density at radius 3 is 2.58 bits per heavy atom. The van der Waals surface area contributed by atoms with Crippen molar-refractivity contribution in [2.75, 3.05) is 26.2 Å². The second-order valence-electron chi connectivity index (χ2n) is 11.0. The number of aliphatic hydroxyl groups is 1. The Hall–Kier alpha value is -2.12. The van der Waals surface area contributed by atoms with Gasteiger partial charge in [-0.25, -0.2) is 4.79 Å². The second kappa shape index (κ2) is 6.95. The van der Waals surface area contributed by atoms with E-state index in [0.29, 0.717) is 32.4 Å². The highest BCUT2D eigenvalue weighted by atomic mass is 16.3. The van der Waals surface area contributed by atoms with Crippen LogP contribution in [0.25, 0.3) is 0 Å². The monoisotopic (exact) mass is 453 g/mol. The molecule has 5 aliphatic rings. The van der Waals surface area contributed by atoms with Crippen LogP contribution in [0, 0.1) is 5.92 Å². The van der Waals surface area contributed by atoms with E-state index >= 15 is 0 Å². The maximum atomic E-state index is 13.7. The number of nitrogens with zero attached hydrogens (tertiary/aromatic N) is 3. The van der Waals surface area contributed by atoms with Gasteiger partial charge >= 0.3 is 6.03 Å². The Labute approximate surface area is 195 Å². The van der Waals surface area contributed by atoms with E-state index in [1.807, 2.05) is 26.0 Å². The number of hydrogen-bond acceptors (Lipinski definition) is 5. The number of carbonyl (C=O) groups is 2. The molecule has 2 saturated carbocycles. The van der Waals surface area contributed by atoms with Crippen LogP contribution < -0.4 is 0 Å². The first kappa shape index (κ1) is 21.4. The lowest BCUT2D eigenvalue weighted by atomic mass is 9.46. The Balaban J connectivity index is 1.50. The minimum atomic E-state index is -0.978. The summed E-state index contributed by atoms with van der Waals surface area (Å²) in [5.41, 5.74) is -0.411. The first-order valence-corrected chi connectivity index (χ1v) is 12.7. The number of phenolic OH excluding ortho intramolecular Hbond substituents is 1. The molecule has 2 bridgehead atoms. The number of carbonyl (C=O) groups excluding carboxylic acids is 2. The summed E-state index contributed by atoms with van der Waals surface area (Å²) in [5.74, 6) is 0.817. The van der Waals surface area contributed by atoms with Crippen molar-refractivity contribution in [3.8, 4) is 5.75 Å². The topological polar surface area (TPSA) is 84.3 Å². The first-order chi connectivity index (χ1) is 15.8. The summed E-state index contributed by atoms with van der Waals surface area (Å²) < 4.78 is 0. The van der Waals surface area contributed by atoms with Crippen LogP contribution in [0.5, 0.6) is 5.75 Å². The van der Waals surface area contributed by atoms with E-state index in [4.69, 9.17) is 0 Å². The van der Waals surface area contributed by atoms with Crippen LogP contribution in [-0.2, 0) is 16.6 Å². The van der Waals surface area contributed by atoms with Gasteiger partial charge in [-0.15, -0.1) is 0 Å². The number of fused-ring (bicyclic) bond motifs is 1. The van der Waals surface area contributed by atoms with E-state index < -0.39 is 16.6 Å². The van der Waals surface area contributed by atoms with E-state index in [1.54, 1.807) is 11.0 Å². The third-order valence-corrected chi connectivity index (χ3v) is 9.63. The van der Waals surface area contributed by atoms with Crippen LogP contribution >= 0.6 is 0 Å². The summed E-state index contributed by atoms with van der Waals surface area (Å²) in [4.78, 5) is 32.6. The molecule has 1 aromatic rings. The van der Waals surface area contributed by atoms with Crippen molar-refractivity contribution in [1.29, 1.82) is 0 Å². The predicted octanol–water partition coefficient (Wildman–Crippen LogP) is 2.63. The molecule has 4 atom stereocenters. The number of urea groups is 1. The predicted molar refractivity (Wildman–Crippen MR) is 123 cm³/mol. The van der Waals surface area contributed by atoms with Gasteiger partial charge in [0.25, 0.3) is 5.91 Å². The fraction of sp³-hybridized carbons (Fsp3) is 0.692. The van der Waals surface area contributed by atoms with Crippen LogP contribution in [0.1, 0.15) is 63.5 Å². The molecule has 33 heavy (non-hydrogen) atoms. The summed E-state index contributed by atoms with van der Waals surface area (Å²) in [7, 11) is 0. The number of phenols is 1. The fourth-order valence-electron chi connectivity index (χ4n) is 7.88. The van der Waals surface area contributed by atoms with Crippen LogP contribution in [0.15, 0.2) is 18.2 Å². The summed E-state index contributed by atoms with van der Waals surface area (Å²) in [6.07, 6.45) is 5.44. The van der Waals surface area contributed by atoms with E-state index in [-0.39, 0.29) is 23.7 Å². The summed E-state index contributed by atoms with van der Waals surface area (Å²) in [6, 6.07) is 5.35. The molecule has 7 nitrogen and oxygen atoms in total. The van der Waals surface area contributed by atoms with E-state index in [2.05, 4.69) is 4.90 Å². The Morgan fingerprint density at radius 2 is 1.88 bits per heavy atom. The highest BCUT2D eigenvalue weighted by Crippen LogP contribution is 2.62. The molecule has 4 unspecified atom stereocenters. The maximum absolute atomic E-state index is 13.7. The lowest BCUT2D eigenvalue weighted by Gasteiger charge is -2.66. The van der Waals surface area contributed by atoms with Gasteiger partial charge in [0, 0.05) is 31.1 Å². The number of piperidine rings is 1. The number of imide groups is 1. The molecule has 1 aromatic carbocycles. The molecule has 2 aliphatic heterocycles. The molecule has 0 aromatic heterocycles. The molecule has 6 rings (SSSR count). The number of aromatic hydroxyl groups is 1. The maximum Gasteiger partial charge on any atom is 0.327 e. The van der Waals surface area contributed by atoms with Crippen molar-refractivity contribution in [3.63, 3.8) is 0 Å². The summed E-state index contributed by atoms with van der Waals surface area (Å²) >= 11 is 0. The third kappa shape index (κ3) is 2.64. The Kier molecular flexibility index (Phi) is 4.51. The van der Waals surface area contributed by atoms with Gasteiger partial charge in [-0.3, -0.25) is 14.6 Å². The summed E-state index contributed by atoms with van der Waals surface area (Å²) in [5, 5.41) is 23.0. The molecular formula is C26H35N3O4. The SMILES string of the molecule is CCN1C(=O)N(CC)C2(CCC3(O)C4Cc5ccc(O)cc5C3(CCN4CC3CC3)C2)C1=O. The number of likely N-dealkylation sites (tertiary alicyclic amines) is 1. The van der Waals surface area contributed by atoms with Crippen LogP contribution in [0.3, 0.4) is 0 Å². The van der Waals surface area contributed by atoms with Crippen LogP contribution in [0.4, 0.5) is 4.79 Å². The standard InChI is InChI=1S/C26H35N3O4/c1-3-28-22(31)25(29(4-2)23(28)32)9-10-26(33)21-13-18-7-8-19(30)14-20(18)24(26,16-25)11-12-27(21)15-17-5-6-17/h7-8,14,17,21,30,33H,3-6,9-13,15-16H2,1-2H3. The van der Waals surface area contributed by atoms with Crippen molar-refractivity contribution in [1.82, 2.24) is 14.7 Å². The average Bonchev–Trinajstić information content (AvgIpc) is 3.58. The number of amides is 3.